The van der Waals surface area contributed by atoms with Crippen molar-refractivity contribution in [3.8, 4) is 0 Å². The van der Waals surface area contributed by atoms with Crippen molar-refractivity contribution in [1.29, 1.82) is 0 Å². The van der Waals surface area contributed by atoms with E-state index in [4.69, 9.17) is 4.74 Å². The third-order valence-electron chi connectivity index (χ3n) is 3.64. The molecule has 4 heteroatoms. The van der Waals surface area contributed by atoms with Gasteiger partial charge in [0, 0.05) is 12.6 Å². The van der Waals surface area contributed by atoms with E-state index in [1.165, 1.54) is 25.7 Å². The molecule has 0 radical (unpaired) electrons. The molecule has 19 heavy (non-hydrogen) atoms. The van der Waals surface area contributed by atoms with Gasteiger partial charge in [0.25, 0.3) is 0 Å². The number of nitrogens with one attached hydrogen (secondary N) is 1. The van der Waals surface area contributed by atoms with Crippen LogP contribution in [-0.2, 0) is 9.53 Å². The fraction of sp³-hybridized carbons (Fsp3) is 0.933. The smallest absolute Gasteiger partial charge is 0.327 e. The van der Waals surface area contributed by atoms with Crippen LogP contribution in [0.3, 0.4) is 0 Å². The van der Waals surface area contributed by atoms with E-state index in [0.717, 1.165) is 19.6 Å². The molecule has 0 aliphatic heterocycles. The summed E-state index contributed by atoms with van der Waals surface area (Å²) in [5, 5.41) is 3.48. The second-order valence-corrected chi connectivity index (χ2v) is 5.69. The third kappa shape index (κ3) is 5.49. The van der Waals surface area contributed by atoms with Gasteiger partial charge in [-0.05, 0) is 46.2 Å². The van der Waals surface area contributed by atoms with Crippen molar-refractivity contribution in [3.05, 3.63) is 0 Å². The Morgan fingerprint density at radius 1 is 1.37 bits per heavy atom. The topological polar surface area (TPSA) is 41.6 Å². The monoisotopic (exact) mass is 270 g/mol. The Morgan fingerprint density at radius 3 is 2.53 bits per heavy atom. The van der Waals surface area contributed by atoms with Crippen LogP contribution < -0.4 is 5.32 Å². The van der Waals surface area contributed by atoms with Crippen molar-refractivity contribution in [2.75, 3.05) is 26.2 Å². The third-order valence-corrected chi connectivity index (χ3v) is 3.64. The molecule has 0 heterocycles. The normalized spacial score (nSPS) is 18.4. The Bertz CT molecular complexity index is 279. The maximum atomic E-state index is 12.2. The summed E-state index contributed by atoms with van der Waals surface area (Å²) in [5.74, 6) is -0.114. The van der Waals surface area contributed by atoms with Gasteiger partial charge >= 0.3 is 5.97 Å². The number of likely N-dealkylation sites (N-methyl/N-ethyl adjacent to an activating group) is 1. The van der Waals surface area contributed by atoms with Gasteiger partial charge in [-0.2, -0.15) is 0 Å². The fourth-order valence-corrected chi connectivity index (χ4v) is 2.32. The molecule has 1 aliphatic carbocycles. The zero-order valence-corrected chi connectivity index (χ0v) is 13.0. The highest BCUT2D eigenvalue weighted by atomic mass is 16.5. The number of hydrogen-bond acceptors (Lipinski definition) is 4. The zero-order chi connectivity index (χ0) is 14.3. The van der Waals surface area contributed by atoms with E-state index in [0.29, 0.717) is 12.6 Å². The Labute approximate surface area is 117 Å². The maximum absolute atomic E-state index is 12.2. The summed E-state index contributed by atoms with van der Waals surface area (Å²) in [6, 6.07) is 0.499. The van der Waals surface area contributed by atoms with E-state index in [2.05, 4.69) is 24.1 Å². The van der Waals surface area contributed by atoms with Gasteiger partial charge < -0.3 is 9.64 Å². The Kier molecular flexibility index (Phi) is 6.80. The lowest BCUT2D eigenvalue weighted by Crippen LogP contribution is -2.58. The first-order chi connectivity index (χ1) is 9.05. The lowest BCUT2D eigenvalue weighted by molar-refractivity contribution is -0.151. The van der Waals surface area contributed by atoms with Gasteiger partial charge in [-0.3, -0.25) is 10.1 Å². The molecule has 1 unspecified atom stereocenters. The number of hydrogen-bond donors (Lipinski definition) is 1. The van der Waals surface area contributed by atoms with Gasteiger partial charge in [0.15, 0.2) is 0 Å². The Morgan fingerprint density at radius 2 is 2.05 bits per heavy atom. The van der Waals surface area contributed by atoms with Crippen molar-refractivity contribution >= 4 is 5.97 Å². The van der Waals surface area contributed by atoms with Crippen LogP contribution in [0.2, 0.25) is 0 Å². The Hall–Kier alpha value is -0.610. The largest absolute Gasteiger partial charge is 0.465 e. The van der Waals surface area contributed by atoms with Crippen LogP contribution in [0, 0.1) is 0 Å². The van der Waals surface area contributed by atoms with Crippen molar-refractivity contribution < 1.29 is 9.53 Å². The van der Waals surface area contributed by atoms with E-state index in [1.807, 2.05) is 13.8 Å². The average molecular weight is 270 g/mol. The standard InChI is InChI=1S/C15H30N2O2/c1-5-8-11-17(6-2)12-15(4,14(18)19-7-3)16-13-9-10-13/h13,16H,5-12H2,1-4H3. The number of carbonyl (C=O) groups excluding carboxylic acids is 1. The van der Waals surface area contributed by atoms with Crippen LogP contribution in [0.25, 0.3) is 0 Å². The van der Waals surface area contributed by atoms with Crippen LogP contribution >= 0.6 is 0 Å². The quantitative estimate of drug-likeness (QED) is 0.618. The molecule has 1 aliphatic rings. The number of esters is 1. The average Bonchev–Trinajstić information content (AvgIpc) is 3.18. The van der Waals surface area contributed by atoms with Gasteiger partial charge in [-0.25, -0.2) is 0 Å². The van der Waals surface area contributed by atoms with Crippen LogP contribution in [0.1, 0.15) is 53.4 Å². The highest BCUT2D eigenvalue weighted by molar-refractivity contribution is 5.80. The number of nitrogens with zero attached hydrogens (tertiary/aromatic N) is 1. The lowest BCUT2D eigenvalue weighted by atomic mass is 10.0. The number of unbranched alkanes of at least 4 members (excludes halogenated alkanes) is 1. The minimum atomic E-state index is -0.569. The van der Waals surface area contributed by atoms with E-state index in [9.17, 15) is 4.79 Å². The molecule has 112 valence electrons. The molecule has 1 fully saturated rings. The van der Waals surface area contributed by atoms with Crippen molar-refractivity contribution in [2.45, 2.75) is 65.0 Å². The molecule has 0 aromatic rings. The van der Waals surface area contributed by atoms with Gasteiger partial charge in [0.2, 0.25) is 0 Å². The van der Waals surface area contributed by atoms with Gasteiger partial charge in [-0.1, -0.05) is 20.3 Å². The van der Waals surface area contributed by atoms with Gasteiger partial charge in [0.05, 0.1) is 6.61 Å². The molecular formula is C15H30N2O2. The van der Waals surface area contributed by atoms with E-state index >= 15 is 0 Å². The molecule has 1 saturated carbocycles. The van der Waals surface area contributed by atoms with Crippen molar-refractivity contribution in [2.24, 2.45) is 0 Å². The predicted molar refractivity (Wildman–Crippen MR) is 78.2 cm³/mol. The van der Waals surface area contributed by atoms with Crippen molar-refractivity contribution in [1.82, 2.24) is 10.2 Å². The molecule has 0 spiro atoms. The summed E-state index contributed by atoms with van der Waals surface area (Å²) >= 11 is 0. The first kappa shape index (κ1) is 16.4. The fourth-order valence-electron chi connectivity index (χ4n) is 2.32. The highest BCUT2D eigenvalue weighted by Crippen LogP contribution is 2.24. The number of ether oxygens (including phenoxy) is 1. The second-order valence-electron chi connectivity index (χ2n) is 5.69. The van der Waals surface area contributed by atoms with E-state index in [1.54, 1.807) is 0 Å². The highest BCUT2D eigenvalue weighted by Gasteiger charge is 2.40. The molecule has 4 nitrogen and oxygen atoms in total. The molecule has 0 saturated heterocycles. The summed E-state index contributed by atoms with van der Waals surface area (Å²) in [7, 11) is 0. The predicted octanol–water partition coefficient (Wildman–Crippen LogP) is 2.18. The summed E-state index contributed by atoms with van der Waals surface area (Å²) in [4.78, 5) is 14.6. The van der Waals surface area contributed by atoms with E-state index in [-0.39, 0.29) is 5.97 Å². The molecule has 0 amide bonds. The summed E-state index contributed by atoms with van der Waals surface area (Å²) in [6.45, 7) is 11.4. The van der Waals surface area contributed by atoms with Gasteiger partial charge in [-0.15, -0.1) is 0 Å². The van der Waals surface area contributed by atoms with Gasteiger partial charge in [0.1, 0.15) is 5.54 Å². The second kappa shape index (κ2) is 7.85. The molecular weight excluding hydrogens is 240 g/mol. The molecule has 1 atom stereocenters. The summed E-state index contributed by atoms with van der Waals surface area (Å²) in [6.07, 6.45) is 4.71. The SMILES string of the molecule is CCCCN(CC)CC(C)(NC1CC1)C(=O)OCC. The van der Waals surface area contributed by atoms with Crippen LogP contribution in [0.5, 0.6) is 0 Å². The molecule has 1 N–H and O–H groups in total. The van der Waals surface area contributed by atoms with Crippen LogP contribution in [-0.4, -0.2) is 48.7 Å². The summed E-state index contributed by atoms with van der Waals surface area (Å²) in [5.41, 5.74) is -0.569. The van der Waals surface area contributed by atoms with E-state index < -0.39 is 5.54 Å². The minimum Gasteiger partial charge on any atom is -0.465 e. The zero-order valence-electron chi connectivity index (χ0n) is 13.0. The number of rotatable bonds is 10. The molecule has 1 rings (SSSR count). The Balaban J connectivity index is 2.62. The van der Waals surface area contributed by atoms with Crippen LogP contribution in [0.15, 0.2) is 0 Å². The van der Waals surface area contributed by atoms with Crippen molar-refractivity contribution in [3.63, 3.8) is 0 Å². The van der Waals surface area contributed by atoms with Crippen LogP contribution in [0.4, 0.5) is 0 Å². The maximum Gasteiger partial charge on any atom is 0.327 e. The summed E-state index contributed by atoms with van der Waals surface area (Å²) < 4.78 is 5.26. The number of carbonyl (C=O) groups is 1. The molecule has 0 aromatic heterocycles. The lowest BCUT2D eigenvalue weighted by Gasteiger charge is -2.34. The first-order valence-corrected chi connectivity index (χ1v) is 7.73. The first-order valence-electron chi connectivity index (χ1n) is 7.73. The molecule has 0 bridgehead atoms. The minimum absolute atomic E-state index is 0.114. The molecule has 0 aromatic carbocycles.